The average Bonchev–Trinajstić information content (AvgIpc) is 2.63. The van der Waals surface area contributed by atoms with Gasteiger partial charge >= 0.3 is 5.97 Å². The highest BCUT2D eigenvalue weighted by atomic mass is 16.5. The molecule has 7 heteroatoms. The molecule has 0 atom stereocenters. The van der Waals surface area contributed by atoms with Crippen molar-refractivity contribution in [2.75, 3.05) is 12.4 Å². The normalized spacial score (nSPS) is 10.3. The van der Waals surface area contributed by atoms with Crippen LogP contribution in [0, 0.1) is 6.92 Å². The van der Waals surface area contributed by atoms with E-state index in [-0.39, 0.29) is 5.56 Å². The first-order chi connectivity index (χ1) is 12.1. The lowest BCUT2D eigenvalue weighted by molar-refractivity contribution is 0.0697. The number of rotatable bonds is 5. The summed E-state index contributed by atoms with van der Waals surface area (Å²) in [6, 6.07) is 10.2. The first-order valence-corrected chi connectivity index (χ1v) is 7.51. The molecule has 0 aliphatic rings. The summed E-state index contributed by atoms with van der Waals surface area (Å²) in [5, 5.41) is 12.2. The molecule has 1 aromatic carbocycles. The van der Waals surface area contributed by atoms with E-state index < -0.39 is 5.97 Å². The van der Waals surface area contributed by atoms with E-state index in [0.717, 1.165) is 11.1 Å². The summed E-state index contributed by atoms with van der Waals surface area (Å²) in [6.07, 6.45) is 3.30. The first kappa shape index (κ1) is 16.4. The van der Waals surface area contributed by atoms with Crippen molar-refractivity contribution in [3.05, 3.63) is 59.9 Å². The van der Waals surface area contributed by atoms with Gasteiger partial charge in [0.05, 0.1) is 18.4 Å². The molecule has 0 fully saturated rings. The molecule has 0 amide bonds. The Morgan fingerprint density at radius 1 is 1.16 bits per heavy atom. The van der Waals surface area contributed by atoms with Gasteiger partial charge in [0.25, 0.3) is 0 Å². The summed E-state index contributed by atoms with van der Waals surface area (Å²) >= 11 is 0. The minimum atomic E-state index is -0.984. The number of anilines is 2. The van der Waals surface area contributed by atoms with Gasteiger partial charge in [0.2, 0.25) is 11.8 Å². The predicted molar refractivity (Wildman–Crippen MR) is 93.2 cm³/mol. The van der Waals surface area contributed by atoms with Gasteiger partial charge in [-0.2, -0.15) is 0 Å². The van der Waals surface area contributed by atoms with Gasteiger partial charge in [-0.1, -0.05) is 6.07 Å². The number of methoxy groups -OCH3 is 1. The molecule has 2 N–H and O–H groups in total. The summed E-state index contributed by atoms with van der Waals surface area (Å²) in [5.41, 5.74) is 3.25. The third kappa shape index (κ3) is 3.72. The highest BCUT2D eigenvalue weighted by Crippen LogP contribution is 2.23. The maximum absolute atomic E-state index is 11.1. The lowest BCUT2D eigenvalue weighted by Gasteiger charge is -2.10. The zero-order valence-corrected chi connectivity index (χ0v) is 13.7. The Kier molecular flexibility index (Phi) is 4.56. The number of hydrogen-bond donors (Lipinski definition) is 2. The van der Waals surface area contributed by atoms with Crippen molar-refractivity contribution < 1.29 is 14.6 Å². The molecule has 3 aromatic rings. The summed E-state index contributed by atoms with van der Waals surface area (Å²) in [4.78, 5) is 23.9. The van der Waals surface area contributed by atoms with Crippen LogP contribution in [0.5, 0.6) is 5.88 Å². The third-order valence-corrected chi connectivity index (χ3v) is 3.63. The van der Waals surface area contributed by atoms with Crippen LogP contribution in [0.2, 0.25) is 0 Å². The van der Waals surface area contributed by atoms with E-state index in [2.05, 4.69) is 20.3 Å². The maximum atomic E-state index is 11.1. The van der Waals surface area contributed by atoms with Crippen LogP contribution in [0.1, 0.15) is 15.9 Å². The molecular weight excluding hydrogens is 320 g/mol. The van der Waals surface area contributed by atoms with Crippen LogP contribution in [0.25, 0.3) is 11.3 Å². The first-order valence-electron chi connectivity index (χ1n) is 7.51. The van der Waals surface area contributed by atoms with Crippen molar-refractivity contribution in [2.24, 2.45) is 0 Å². The Labute approximate surface area is 144 Å². The summed E-state index contributed by atoms with van der Waals surface area (Å²) in [5.74, 6) is -0.0850. The van der Waals surface area contributed by atoms with Gasteiger partial charge in [-0.05, 0) is 36.8 Å². The Morgan fingerprint density at radius 3 is 2.68 bits per heavy atom. The van der Waals surface area contributed by atoms with Gasteiger partial charge in [0.1, 0.15) is 0 Å². The SMILES string of the molecule is COc1ccc(-c2ccnc(Nc3cc(C(=O)O)ccc3C)n2)cn1. The highest BCUT2D eigenvalue weighted by molar-refractivity contribution is 5.89. The molecule has 2 aromatic heterocycles. The molecule has 7 nitrogen and oxygen atoms in total. The second kappa shape index (κ2) is 6.96. The third-order valence-electron chi connectivity index (χ3n) is 3.63. The summed E-state index contributed by atoms with van der Waals surface area (Å²) in [6.45, 7) is 1.88. The second-order valence-electron chi connectivity index (χ2n) is 5.31. The van der Waals surface area contributed by atoms with Crippen molar-refractivity contribution >= 4 is 17.6 Å². The number of nitrogens with one attached hydrogen (secondary N) is 1. The lowest BCUT2D eigenvalue weighted by Crippen LogP contribution is -2.02. The molecule has 2 heterocycles. The van der Waals surface area contributed by atoms with Crippen LogP contribution in [0.4, 0.5) is 11.6 Å². The average molecular weight is 336 g/mol. The number of carbonyl (C=O) groups is 1. The molecule has 3 rings (SSSR count). The van der Waals surface area contributed by atoms with Gasteiger partial charge in [0.15, 0.2) is 0 Å². The fourth-order valence-corrected chi connectivity index (χ4v) is 2.24. The van der Waals surface area contributed by atoms with Crippen molar-refractivity contribution in [2.45, 2.75) is 6.92 Å². The predicted octanol–water partition coefficient (Wildman–Crippen LogP) is 3.30. The molecular formula is C18H16N4O3. The van der Waals surface area contributed by atoms with Crippen LogP contribution in [-0.4, -0.2) is 33.1 Å². The molecule has 0 aliphatic carbocycles. The van der Waals surface area contributed by atoms with Crippen molar-refractivity contribution in [3.63, 3.8) is 0 Å². The number of nitrogens with zero attached hydrogens (tertiary/aromatic N) is 3. The Morgan fingerprint density at radius 2 is 2.00 bits per heavy atom. The Balaban J connectivity index is 1.89. The van der Waals surface area contributed by atoms with Crippen LogP contribution in [-0.2, 0) is 0 Å². The molecule has 0 saturated heterocycles. The van der Waals surface area contributed by atoms with Crippen molar-refractivity contribution in [1.82, 2.24) is 15.0 Å². The fourth-order valence-electron chi connectivity index (χ4n) is 2.24. The lowest BCUT2D eigenvalue weighted by atomic mass is 10.1. The summed E-state index contributed by atoms with van der Waals surface area (Å²) < 4.78 is 5.05. The number of carboxylic acids is 1. The standard InChI is InChI=1S/C18H16N4O3/c1-11-3-4-12(17(23)24)9-15(11)22-18-19-8-7-14(21-18)13-5-6-16(25-2)20-10-13/h3-10H,1-2H3,(H,23,24)(H,19,21,22). The minimum Gasteiger partial charge on any atom is -0.481 e. The van der Waals surface area contributed by atoms with Crippen LogP contribution >= 0.6 is 0 Å². The van der Waals surface area contributed by atoms with Gasteiger partial charge in [-0.25, -0.2) is 19.7 Å². The molecule has 0 radical (unpaired) electrons. The van der Waals surface area contributed by atoms with E-state index in [4.69, 9.17) is 9.84 Å². The number of aromatic nitrogens is 3. The summed E-state index contributed by atoms with van der Waals surface area (Å²) in [7, 11) is 1.56. The number of ether oxygens (including phenoxy) is 1. The van der Waals surface area contributed by atoms with Crippen LogP contribution in [0.15, 0.2) is 48.8 Å². The highest BCUT2D eigenvalue weighted by Gasteiger charge is 2.09. The monoisotopic (exact) mass is 336 g/mol. The Bertz CT molecular complexity index is 910. The number of benzene rings is 1. The van der Waals surface area contributed by atoms with Gasteiger partial charge in [-0.15, -0.1) is 0 Å². The topological polar surface area (TPSA) is 97.2 Å². The van der Waals surface area contributed by atoms with E-state index in [9.17, 15) is 4.79 Å². The number of aromatic carboxylic acids is 1. The number of hydrogen-bond acceptors (Lipinski definition) is 6. The van der Waals surface area contributed by atoms with E-state index in [1.165, 1.54) is 0 Å². The van der Waals surface area contributed by atoms with E-state index in [1.807, 2.05) is 13.0 Å². The maximum Gasteiger partial charge on any atom is 0.335 e. The quantitative estimate of drug-likeness (QED) is 0.737. The minimum absolute atomic E-state index is 0.198. The Hall–Kier alpha value is -3.48. The number of aryl methyl sites for hydroxylation is 1. The molecule has 25 heavy (non-hydrogen) atoms. The molecule has 0 bridgehead atoms. The number of pyridine rings is 1. The molecule has 0 saturated carbocycles. The molecule has 0 unspecified atom stereocenters. The fraction of sp³-hybridized carbons (Fsp3) is 0.111. The van der Waals surface area contributed by atoms with Crippen molar-refractivity contribution in [1.29, 1.82) is 0 Å². The second-order valence-corrected chi connectivity index (χ2v) is 5.31. The number of carboxylic acid groups (broad SMARTS) is 1. The van der Waals surface area contributed by atoms with E-state index in [0.29, 0.717) is 23.2 Å². The van der Waals surface area contributed by atoms with Crippen molar-refractivity contribution in [3.8, 4) is 17.1 Å². The van der Waals surface area contributed by atoms with E-state index >= 15 is 0 Å². The van der Waals surface area contributed by atoms with Gasteiger partial charge in [-0.3, -0.25) is 0 Å². The van der Waals surface area contributed by atoms with Gasteiger partial charge < -0.3 is 15.2 Å². The molecule has 0 spiro atoms. The zero-order valence-electron chi connectivity index (χ0n) is 13.7. The van der Waals surface area contributed by atoms with E-state index in [1.54, 1.807) is 49.8 Å². The smallest absolute Gasteiger partial charge is 0.335 e. The van der Waals surface area contributed by atoms with Crippen LogP contribution < -0.4 is 10.1 Å². The van der Waals surface area contributed by atoms with Crippen LogP contribution in [0.3, 0.4) is 0 Å². The zero-order chi connectivity index (χ0) is 17.8. The molecule has 0 aliphatic heterocycles. The van der Waals surface area contributed by atoms with Gasteiger partial charge in [0, 0.05) is 29.7 Å². The largest absolute Gasteiger partial charge is 0.481 e. The molecule has 126 valence electrons.